The number of anilines is 2. The number of fused-ring (bicyclic) bond motifs is 2. The van der Waals surface area contributed by atoms with E-state index in [1.54, 1.807) is 12.1 Å². The summed E-state index contributed by atoms with van der Waals surface area (Å²) >= 11 is 0. The van der Waals surface area contributed by atoms with Crippen molar-refractivity contribution in [2.45, 2.75) is 52.6 Å². The summed E-state index contributed by atoms with van der Waals surface area (Å²) in [5.74, 6) is 0.312. The Hall–Kier alpha value is -3.99. The number of aromatic nitrogens is 5. The molecule has 1 N–H and O–H groups in total. The number of carbonyl (C=O) groups excluding carboxylic acids is 1. The maximum Gasteiger partial charge on any atom is 0.237 e. The van der Waals surface area contributed by atoms with Crippen molar-refractivity contribution < 1.29 is 13.6 Å². The molecule has 1 aromatic carbocycles. The molecule has 5 heterocycles. The fourth-order valence-corrected chi connectivity index (χ4v) is 5.73. The number of amides is 1. The molecule has 1 saturated heterocycles. The highest BCUT2D eigenvalue weighted by atomic mass is 19.1. The van der Waals surface area contributed by atoms with Gasteiger partial charge < -0.3 is 14.8 Å². The normalized spacial score (nSPS) is 15.7. The van der Waals surface area contributed by atoms with Crippen molar-refractivity contribution in [2.75, 3.05) is 31.5 Å². The molecule has 11 heteroatoms. The van der Waals surface area contributed by atoms with Gasteiger partial charge in [-0.2, -0.15) is 0 Å². The number of hydrogen-bond donors (Lipinski definition) is 1. The number of imidazole rings is 1. The Balaban J connectivity index is 1.22. The quantitative estimate of drug-likeness (QED) is 0.372. The van der Waals surface area contributed by atoms with Gasteiger partial charge in [-0.3, -0.25) is 9.69 Å². The van der Waals surface area contributed by atoms with E-state index >= 15 is 4.39 Å². The van der Waals surface area contributed by atoms with E-state index in [0.29, 0.717) is 48.8 Å². The monoisotopic (exact) mass is 546 g/mol. The third-order valence-corrected chi connectivity index (χ3v) is 7.66. The summed E-state index contributed by atoms with van der Waals surface area (Å²) in [4.78, 5) is 34.4. The molecule has 2 aliphatic rings. The molecule has 40 heavy (non-hydrogen) atoms. The molecule has 2 aliphatic heterocycles. The van der Waals surface area contributed by atoms with Gasteiger partial charge in [0.25, 0.3) is 0 Å². The molecule has 0 radical (unpaired) electrons. The van der Waals surface area contributed by atoms with E-state index in [9.17, 15) is 9.18 Å². The van der Waals surface area contributed by atoms with Crippen LogP contribution in [0.25, 0.3) is 22.3 Å². The number of rotatable bonds is 6. The maximum absolute atomic E-state index is 15.0. The van der Waals surface area contributed by atoms with E-state index in [4.69, 9.17) is 4.98 Å². The topological polar surface area (TPSA) is 92.1 Å². The van der Waals surface area contributed by atoms with Gasteiger partial charge in [0.05, 0.1) is 18.3 Å². The molecule has 1 fully saturated rings. The Labute approximate surface area is 231 Å². The van der Waals surface area contributed by atoms with Crippen LogP contribution in [0.1, 0.15) is 49.8 Å². The Morgan fingerprint density at radius 2 is 1.85 bits per heavy atom. The fourth-order valence-electron chi connectivity index (χ4n) is 5.73. The zero-order valence-electron chi connectivity index (χ0n) is 22.9. The van der Waals surface area contributed by atoms with Crippen molar-refractivity contribution in [2.24, 2.45) is 0 Å². The first kappa shape index (κ1) is 26.2. The van der Waals surface area contributed by atoms with Crippen LogP contribution < -0.4 is 5.32 Å². The Morgan fingerprint density at radius 3 is 2.62 bits per heavy atom. The maximum atomic E-state index is 15.0. The van der Waals surface area contributed by atoms with Gasteiger partial charge in [-0.1, -0.05) is 6.07 Å². The first-order chi connectivity index (χ1) is 19.3. The highest BCUT2D eigenvalue weighted by Gasteiger charge is 2.25. The number of nitrogens with one attached hydrogen (secondary N) is 1. The van der Waals surface area contributed by atoms with Crippen LogP contribution in [-0.4, -0.2) is 66.4 Å². The Kier molecular flexibility index (Phi) is 6.91. The van der Waals surface area contributed by atoms with Crippen molar-refractivity contribution in [3.8, 4) is 11.3 Å². The number of hydrogen-bond acceptors (Lipinski definition) is 7. The first-order valence-electron chi connectivity index (χ1n) is 13.7. The van der Waals surface area contributed by atoms with E-state index in [0.717, 1.165) is 43.4 Å². The lowest BCUT2D eigenvalue weighted by atomic mass is 10.1. The van der Waals surface area contributed by atoms with Crippen LogP contribution in [0.3, 0.4) is 0 Å². The molecule has 3 aromatic heterocycles. The Morgan fingerprint density at radius 1 is 1.05 bits per heavy atom. The third kappa shape index (κ3) is 5.01. The molecule has 4 aromatic rings. The van der Waals surface area contributed by atoms with Gasteiger partial charge in [-0.05, 0) is 70.5 Å². The number of aryl methyl sites for hydroxylation is 1. The number of benzene rings is 1. The van der Waals surface area contributed by atoms with Gasteiger partial charge in [0, 0.05) is 36.8 Å². The van der Waals surface area contributed by atoms with Crippen molar-refractivity contribution >= 4 is 28.7 Å². The lowest BCUT2D eigenvalue weighted by Crippen LogP contribution is -2.42. The lowest BCUT2D eigenvalue weighted by molar-refractivity contribution is -0.133. The van der Waals surface area contributed by atoms with Crippen LogP contribution in [0, 0.1) is 18.6 Å². The zero-order valence-corrected chi connectivity index (χ0v) is 22.9. The van der Waals surface area contributed by atoms with Crippen LogP contribution in [0.2, 0.25) is 0 Å². The largest absolute Gasteiger partial charge is 0.337 e. The van der Waals surface area contributed by atoms with E-state index < -0.39 is 11.6 Å². The van der Waals surface area contributed by atoms with Crippen LogP contribution in [0.5, 0.6) is 0 Å². The number of pyridine rings is 1. The number of halogens is 2. The standard InChI is InChI=1S/C29H32F2N8O/c1-17(2)39-18(3)33-28-21(30)12-20(13-24(28)39)27-22(31)14-32-29(36-27)35-25-7-6-19-15-38(11-8-23(19)34-25)26(40)16-37-9-4-5-10-37/h6-7,12-14,17H,4-5,8-11,15-16H2,1-3H3,(H,32,34,35,36). The fraction of sp³-hybridized carbons (Fsp3) is 0.414. The van der Waals surface area contributed by atoms with E-state index in [1.807, 2.05) is 36.3 Å². The molecule has 0 aliphatic carbocycles. The second-order valence-corrected chi connectivity index (χ2v) is 10.8. The van der Waals surface area contributed by atoms with E-state index in [1.165, 1.54) is 6.07 Å². The van der Waals surface area contributed by atoms with Crippen molar-refractivity contribution in [1.82, 2.24) is 34.3 Å². The molecule has 208 valence electrons. The summed E-state index contributed by atoms with van der Waals surface area (Å²) in [5, 5.41) is 3.06. The zero-order chi connectivity index (χ0) is 28.0. The molecule has 9 nitrogen and oxygen atoms in total. The average Bonchev–Trinajstić information content (AvgIpc) is 3.56. The average molecular weight is 547 g/mol. The smallest absolute Gasteiger partial charge is 0.237 e. The van der Waals surface area contributed by atoms with Crippen molar-refractivity contribution in [1.29, 1.82) is 0 Å². The van der Waals surface area contributed by atoms with Crippen LogP contribution in [-0.2, 0) is 17.8 Å². The van der Waals surface area contributed by atoms with Gasteiger partial charge in [0.1, 0.15) is 22.9 Å². The van der Waals surface area contributed by atoms with Crippen LogP contribution in [0.15, 0.2) is 30.5 Å². The number of likely N-dealkylation sites (tertiary alicyclic amines) is 1. The predicted molar refractivity (Wildman–Crippen MR) is 148 cm³/mol. The molecule has 0 atom stereocenters. The molecule has 0 saturated carbocycles. The summed E-state index contributed by atoms with van der Waals surface area (Å²) in [7, 11) is 0. The van der Waals surface area contributed by atoms with Gasteiger partial charge in [0.15, 0.2) is 11.6 Å². The molecule has 0 bridgehead atoms. The number of nitrogens with zero attached hydrogens (tertiary/aromatic N) is 7. The van der Waals surface area contributed by atoms with E-state index in [-0.39, 0.29) is 29.1 Å². The molecular formula is C29H32F2N8O. The molecule has 6 rings (SSSR count). The summed E-state index contributed by atoms with van der Waals surface area (Å²) < 4.78 is 31.8. The minimum Gasteiger partial charge on any atom is -0.337 e. The van der Waals surface area contributed by atoms with Gasteiger partial charge >= 0.3 is 0 Å². The third-order valence-electron chi connectivity index (χ3n) is 7.66. The Bertz CT molecular complexity index is 1590. The summed E-state index contributed by atoms with van der Waals surface area (Å²) in [6.07, 6.45) is 4.03. The molecular weight excluding hydrogens is 514 g/mol. The first-order valence-corrected chi connectivity index (χ1v) is 13.7. The predicted octanol–water partition coefficient (Wildman–Crippen LogP) is 4.78. The van der Waals surface area contributed by atoms with Gasteiger partial charge in [0.2, 0.25) is 11.9 Å². The second-order valence-electron chi connectivity index (χ2n) is 10.8. The minimum atomic E-state index is -0.659. The molecule has 0 unspecified atom stereocenters. The lowest BCUT2D eigenvalue weighted by Gasteiger charge is -2.30. The summed E-state index contributed by atoms with van der Waals surface area (Å²) in [6, 6.07) is 6.76. The molecule has 0 spiro atoms. The van der Waals surface area contributed by atoms with Crippen molar-refractivity contribution in [3.05, 3.63) is 59.2 Å². The highest BCUT2D eigenvalue weighted by molar-refractivity contribution is 5.83. The minimum absolute atomic E-state index is 0.0161. The summed E-state index contributed by atoms with van der Waals surface area (Å²) in [5.41, 5.74) is 3.02. The van der Waals surface area contributed by atoms with Crippen molar-refractivity contribution in [3.63, 3.8) is 0 Å². The number of carbonyl (C=O) groups is 1. The van der Waals surface area contributed by atoms with Gasteiger partial charge in [-0.15, -0.1) is 0 Å². The summed E-state index contributed by atoms with van der Waals surface area (Å²) in [6.45, 7) is 9.41. The highest BCUT2D eigenvalue weighted by Crippen LogP contribution is 2.30. The van der Waals surface area contributed by atoms with Crippen LogP contribution in [0.4, 0.5) is 20.5 Å². The molecule has 1 amide bonds. The SMILES string of the molecule is Cc1nc2c(F)cc(-c3nc(Nc4ccc5c(n4)CCN(C(=O)CN4CCCC4)C5)ncc3F)cc2n1C(C)C. The second kappa shape index (κ2) is 10.5. The van der Waals surface area contributed by atoms with Gasteiger partial charge in [-0.25, -0.2) is 28.7 Å². The van der Waals surface area contributed by atoms with Crippen LogP contribution >= 0.6 is 0 Å². The van der Waals surface area contributed by atoms with E-state index in [2.05, 4.69) is 25.2 Å².